The van der Waals surface area contributed by atoms with Gasteiger partial charge in [-0.25, -0.2) is 4.68 Å². The molecule has 0 bridgehead atoms. The SMILES string of the molecule is CCNc1nc(Cl)nc(NC(C)(C)C)n1.C[S+](C)C.Nc1c([N+](=O)[O-])cnn1-c1c(Cl)cc(C(F)(F)F)cc1Cl.O=C(O)CNCP(=O)([O-])O. The highest BCUT2D eigenvalue weighted by Gasteiger charge is 2.33. The average molecular weight is 816 g/mol. The van der Waals surface area contributed by atoms with Gasteiger partial charge in [-0.05, 0) is 62.3 Å². The molecule has 1 unspecified atom stereocenters. The molecule has 25 heteroatoms. The lowest BCUT2D eigenvalue weighted by atomic mass is 10.1. The van der Waals surface area contributed by atoms with Crippen LogP contribution in [-0.2, 0) is 26.4 Å². The number of alkyl halides is 3. The van der Waals surface area contributed by atoms with Gasteiger partial charge in [0.25, 0.3) is 0 Å². The second kappa shape index (κ2) is 20.6. The van der Waals surface area contributed by atoms with Crippen LogP contribution in [0.5, 0.6) is 0 Å². The van der Waals surface area contributed by atoms with E-state index in [1.807, 2.05) is 33.0 Å². The first-order valence-corrected chi connectivity index (χ1v) is 19.0. The van der Waals surface area contributed by atoms with Gasteiger partial charge in [-0.1, -0.05) is 23.2 Å². The van der Waals surface area contributed by atoms with Crippen LogP contribution in [0.1, 0.15) is 33.3 Å². The molecule has 2 aromatic heterocycles. The number of nitrogens with zero attached hydrogens (tertiary/aromatic N) is 6. The molecule has 1 atom stereocenters. The number of aliphatic carboxylic acids is 1. The Morgan fingerprint density at radius 1 is 1.10 bits per heavy atom. The average Bonchev–Trinajstić information content (AvgIpc) is 3.27. The van der Waals surface area contributed by atoms with Crippen LogP contribution in [0.2, 0.25) is 15.3 Å². The number of nitrogen functional groups attached to an aromatic ring is 1. The summed E-state index contributed by atoms with van der Waals surface area (Å²) in [6.07, 6.45) is 2.09. The molecule has 3 aromatic rings. The summed E-state index contributed by atoms with van der Waals surface area (Å²) in [6.45, 7) is 8.31. The van der Waals surface area contributed by atoms with E-state index in [2.05, 4.69) is 49.5 Å². The molecule has 3 rings (SSSR count). The van der Waals surface area contributed by atoms with E-state index in [0.29, 0.717) is 34.9 Å². The fraction of sp³-hybridized carbons (Fsp3) is 0.480. The largest absolute Gasteiger partial charge is 0.778 e. The predicted octanol–water partition coefficient (Wildman–Crippen LogP) is 4.51. The van der Waals surface area contributed by atoms with Gasteiger partial charge >= 0.3 is 17.8 Å². The van der Waals surface area contributed by atoms with E-state index in [1.165, 1.54) is 0 Å². The molecule has 0 aliphatic heterocycles. The number of nitrogens with one attached hydrogen (secondary N) is 3. The molecule has 17 nitrogen and oxygen atoms in total. The molecule has 0 radical (unpaired) electrons. The van der Waals surface area contributed by atoms with Crippen LogP contribution < -0.4 is 26.6 Å². The number of carboxylic acids is 1. The van der Waals surface area contributed by atoms with Gasteiger partial charge in [-0.2, -0.15) is 33.2 Å². The summed E-state index contributed by atoms with van der Waals surface area (Å²) in [5, 5.41) is 29.8. The third kappa shape index (κ3) is 19.3. The molecule has 2 heterocycles. The van der Waals surface area contributed by atoms with E-state index in [-0.39, 0.29) is 26.6 Å². The van der Waals surface area contributed by atoms with Crippen LogP contribution >= 0.6 is 42.4 Å². The molecule has 0 aliphatic carbocycles. The Morgan fingerprint density at radius 2 is 1.60 bits per heavy atom. The van der Waals surface area contributed by atoms with Crippen molar-refractivity contribution >= 4 is 82.7 Å². The van der Waals surface area contributed by atoms with Crippen LogP contribution in [0.15, 0.2) is 18.3 Å². The first-order chi connectivity index (χ1) is 22.7. The van der Waals surface area contributed by atoms with Gasteiger partial charge in [0.2, 0.25) is 23.0 Å². The van der Waals surface area contributed by atoms with E-state index in [9.17, 15) is 37.5 Å². The van der Waals surface area contributed by atoms with Crippen molar-refractivity contribution in [1.82, 2.24) is 30.0 Å². The molecule has 0 fully saturated rings. The zero-order valence-corrected chi connectivity index (χ0v) is 31.7. The van der Waals surface area contributed by atoms with Gasteiger partial charge in [0.15, 0.2) is 0 Å². The van der Waals surface area contributed by atoms with Crippen LogP contribution in [0.3, 0.4) is 0 Å². The number of carbonyl (C=O) groups is 1. The Labute approximate surface area is 303 Å². The number of benzene rings is 1. The Hall–Kier alpha value is -3.17. The summed E-state index contributed by atoms with van der Waals surface area (Å²) >= 11 is 17.3. The molecule has 0 saturated heterocycles. The standard InChI is InChI=1S/C10H5Cl2F3N4O2.C9H16ClN5.C3H8NO5P.C3H9S/c11-5-1-4(10(13,14)15)2-6(12)8(5)18-9(16)7(3-17-18)19(20)21;1-5-11-7-12-6(10)13-8(14-7)15-9(2,3)4;5-3(6)1-4-2-10(7,8)9;1-4(2)3/h1-3H,16H2;5H2,1-4H3,(H2,11,12,13,14,15);4H,1-2H2,(H,5,6)(H2,7,8,9);1-3H3/q;;;+1/p-1. The number of nitrogens with two attached hydrogens (primary N) is 1. The zero-order chi connectivity index (χ0) is 39.2. The summed E-state index contributed by atoms with van der Waals surface area (Å²) < 4.78 is 48.6. The summed E-state index contributed by atoms with van der Waals surface area (Å²) in [4.78, 5) is 49.8. The molecule has 1 aromatic carbocycles. The van der Waals surface area contributed by atoms with Crippen molar-refractivity contribution in [3.8, 4) is 5.69 Å². The van der Waals surface area contributed by atoms with Crippen molar-refractivity contribution in [2.75, 3.05) is 54.5 Å². The van der Waals surface area contributed by atoms with Gasteiger partial charge < -0.3 is 35.8 Å². The minimum atomic E-state index is -4.63. The molecule has 0 saturated carbocycles. The predicted molar refractivity (Wildman–Crippen MR) is 187 cm³/mol. The molecular formula is C25H37Cl3F3N10O7PS. The highest BCUT2D eigenvalue weighted by molar-refractivity contribution is 7.94. The quantitative estimate of drug-likeness (QED) is 0.0751. The highest BCUT2D eigenvalue weighted by atomic mass is 35.5. The second-order valence-electron chi connectivity index (χ2n) is 10.9. The van der Waals surface area contributed by atoms with Crippen LogP contribution in [0.25, 0.3) is 5.69 Å². The normalized spacial score (nSPS) is 12.2. The van der Waals surface area contributed by atoms with E-state index < -0.39 is 54.6 Å². The van der Waals surface area contributed by atoms with Gasteiger partial charge in [-0.15, -0.1) is 0 Å². The summed E-state index contributed by atoms with van der Waals surface area (Å²) in [5.74, 6) is -0.597. The second-order valence-corrected chi connectivity index (χ2v) is 16.1. The van der Waals surface area contributed by atoms with Gasteiger partial charge in [-0.3, -0.25) is 20.2 Å². The number of rotatable bonds is 9. The first kappa shape index (κ1) is 46.8. The number of hydrogen-bond donors (Lipinski definition) is 6. The fourth-order valence-corrected chi connectivity index (χ4v) is 4.08. The number of halogens is 6. The molecule has 50 heavy (non-hydrogen) atoms. The lowest BCUT2D eigenvalue weighted by Crippen LogP contribution is -2.27. The Kier molecular flexibility index (Phi) is 19.3. The van der Waals surface area contributed by atoms with Crippen molar-refractivity contribution in [3.05, 3.63) is 49.3 Å². The summed E-state index contributed by atoms with van der Waals surface area (Å²) in [6, 6.07) is 1.27. The first-order valence-electron chi connectivity index (χ1n) is 13.6. The Morgan fingerprint density at radius 3 is 1.98 bits per heavy atom. The molecule has 0 spiro atoms. The number of nitro groups is 1. The van der Waals surface area contributed by atoms with Crippen LogP contribution in [0.4, 0.5) is 36.6 Å². The van der Waals surface area contributed by atoms with E-state index in [0.717, 1.165) is 17.4 Å². The lowest BCUT2D eigenvalue weighted by Gasteiger charge is -2.20. The van der Waals surface area contributed by atoms with E-state index in [4.69, 9.17) is 50.5 Å². The van der Waals surface area contributed by atoms with Crippen molar-refractivity contribution in [1.29, 1.82) is 0 Å². The van der Waals surface area contributed by atoms with Gasteiger partial charge in [0.05, 0.1) is 52.1 Å². The maximum absolute atomic E-state index is 12.6. The monoisotopic (exact) mass is 814 g/mol. The molecular weight excluding hydrogens is 779 g/mol. The summed E-state index contributed by atoms with van der Waals surface area (Å²) in [7, 11) is -3.71. The van der Waals surface area contributed by atoms with Crippen LogP contribution in [0, 0.1) is 10.1 Å². The highest BCUT2D eigenvalue weighted by Crippen LogP contribution is 2.39. The molecule has 282 valence electrons. The smallest absolute Gasteiger partial charge is 0.416 e. The zero-order valence-electron chi connectivity index (χ0n) is 27.7. The number of anilines is 3. The van der Waals surface area contributed by atoms with Crippen molar-refractivity contribution in [2.24, 2.45) is 0 Å². The Bertz CT molecular complexity index is 1600. The maximum atomic E-state index is 12.6. The minimum Gasteiger partial charge on any atom is -0.778 e. The van der Waals surface area contributed by atoms with Crippen molar-refractivity contribution in [2.45, 2.75) is 39.4 Å². The topological polar surface area (TPSA) is 259 Å². The number of hydrogen-bond acceptors (Lipinski definition) is 13. The van der Waals surface area contributed by atoms with E-state index in [1.54, 1.807) is 0 Å². The number of aromatic nitrogens is 5. The minimum absolute atomic E-state index is 0.103. The maximum Gasteiger partial charge on any atom is 0.416 e. The third-order valence-corrected chi connectivity index (χ3v) is 5.92. The molecule has 0 aliphatic rings. The lowest BCUT2D eigenvalue weighted by molar-refractivity contribution is -0.383. The van der Waals surface area contributed by atoms with Gasteiger partial charge in [0, 0.05) is 12.1 Å². The van der Waals surface area contributed by atoms with Crippen LogP contribution in [-0.4, -0.2) is 89.3 Å². The number of carboxylic acid groups (broad SMARTS) is 1. The van der Waals surface area contributed by atoms with Gasteiger partial charge in [0.1, 0.15) is 19.5 Å². The fourth-order valence-electron chi connectivity index (χ4n) is 2.88. The third-order valence-electron chi connectivity index (χ3n) is 4.56. The molecule has 7 N–H and O–H groups in total. The van der Waals surface area contributed by atoms with E-state index >= 15 is 0 Å². The summed E-state index contributed by atoms with van der Waals surface area (Å²) in [5.41, 5.74) is 3.68. The van der Waals surface area contributed by atoms with Crippen molar-refractivity contribution in [3.63, 3.8) is 0 Å². The van der Waals surface area contributed by atoms with Crippen molar-refractivity contribution < 1.29 is 42.3 Å². The Balaban J connectivity index is 0.000000724. The molecule has 0 amide bonds.